The molecule has 0 unspecified atom stereocenters. The second kappa shape index (κ2) is 9.47. The maximum atomic E-state index is 13.3. The topological polar surface area (TPSA) is 116 Å². The average molecular weight is 584 g/mol. The first-order valence-corrected chi connectivity index (χ1v) is 13.6. The van der Waals surface area contributed by atoms with Gasteiger partial charge in [0, 0.05) is 42.2 Å². The molecule has 1 spiro atoms. The Labute approximate surface area is 239 Å². The van der Waals surface area contributed by atoms with Gasteiger partial charge in [0.2, 0.25) is 0 Å². The van der Waals surface area contributed by atoms with Crippen LogP contribution in [0.1, 0.15) is 41.5 Å². The molecule has 6 rings (SSSR count). The SMILES string of the molecule is C=CCN1CC[C@]23c4c5c([N+](=O)[O-])cc(O)c4O[C@H]2[C@H](N(C)C(=O)C#Cc2ccc(C(F)(F)F)cc2)CC[C@@]3(O)[C@H]1C5. The first-order chi connectivity index (χ1) is 19.8. The van der Waals surface area contributed by atoms with Gasteiger partial charge in [-0.1, -0.05) is 12.0 Å². The van der Waals surface area contributed by atoms with E-state index >= 15 is 0 Å². The van der Waals surface area contributed by atoms with Crippen molar-refractivity contribution < 1.29 is 37.8 Å². The lowest BCUT2D eigenvalue weighted by molar-refractivity contribution is -0.386. The van der Waals surface area contributed by atoms with Crippen molar-refractivity contribution in [1.29, 1.82) is 0 Å². The van der Waals surface area contributed by atoms with Crippen molar-refractivity contribution in [2.75, 3.05) is 20.1 Å². The zero-order chi connectivity index (χ0) is 30.2. The van der Waals surface area contributed by atoms with E-state index in [0.717, 1.165) is 18.2 Å². The molecule has 0 radical (unpaired) electrons. The average Bonchev–Trinajstić information content (AvgIpc) is 3.29. The molecule has 2 aliphatic heterocycles. The predicted molar refractivity (Wildman–Crippen MR) is 144 cm³/mol. The smallest absolute Gasteiger partial charge is 0.416 e. The molecule has 1 saturated heterocycles. The standard InChI is InChI=1S/C30H28F3N3O6/c1-3-13-35-14-12-28-25-19-15-23(35)29(28,39)11-10-20(27(28)42-26(25)22(37)16-21(19)36(40)41)34(2)24(38)9-6-17-4-7-18(8-5-17)30(31,32)33/h3-5,7-8,16,20,23,27,37,39H,1,10-15H2,2H3/t20-,23-,27+,28+,29-/m1/s1. The Morgan fingerprint density at radius 2 is 2.05 bits per heavy atom. The number of hydrogen-bond acceptors (Lipinski definition) is 7. The number of ether oxygens (including phenoxy) is 1. The van der Waals surface area contributed by atoms with Crippen LogP contribution in [-0.4, -0.2) is 74.8 Å². The Hall–Kier alpha value is -4.08. The highest BCUT2D eigenvalue weighted by molar-refractivity contribution is 5.94. The number of rotatable bonds is 4. The summed E-state index contributed by atoms with van der Waals surface area (Å²) in [6.07, 6.45) is -2.43. The van der Waals surface area contributed by atoms with Gasteiger partial charge in [-0.2, -0.15) is 13.2 Å². The number of likely N-dealkylation sites (N-methyl/N-ethyl adjacent to an activating group) is 1. The van der Waals surface area contributed by atoms with E-state index in [1.54, 1.807) is 6.08 Å². The second-order valence-corrected chi connectivity index (χ2v) is 11.4. The van der Waals surface area contributed by atoms with E-state index in [4.69, 9.17) is 4.74 Å². The molecule has 2 aromatic rings. The molecule has 9 nitrogen and oxygen atoms in total. The molecule has 1 saturated carbocycles. The Kier molecular flexibility index (Phi) is 6.33. The summed E-state index contributed by atoms with van der Waals surface area (Å²) in [5, 5.41) is 35.4. The van der Waals surface area contributed by atoms with Crippen molar-refractivity contribution in [1.82, 2.24) is 9.80 Å². The molecule has 2 aliphatic carbocycles. The normalized spacial score (nSPS) is 29.0. The fourth-order valence-electron chi connectivity index (χ4n) is 7.72. The van der Waals surface area contributed by atoms with Gasteiger partial charge >= 0.3 is 6.18 Å². The molecule has 42 heavy (non-hydrogen) atoms. The van der Waals surface area contributed by atoms with Gasteiger partial charge in [0.25, 0.3) is 11.6 Å². The van der Waals surface area contributed by atoms with Crippen LogP contribution in [0.3, 0.4) is 0 Å². The summed E-state index contributed by atoms with van der Waals surface area (Å²) in [7, 11) is 1.54. The highest BCUT2D eigenvalue weighted by Gasteiger charge is 2.74. The Bertz CT molecular complexity index is 1570. The van der Waals surface area contributed by atoms with Crippen molar-refractivity contribution in [3.8, 4) is 23.3 Å². The van der Waals surface area contributed by atoms with Gasteiger partial charge in [-0.05, 0) is 56.5 Å². The Morgan fingerprint density at radius 1 is 1.33 bits per heavy atom. The molecule has 2 aromatic carbocycles. The number of phenols is 1. The number of nitro benzene ring substituents is 1. The first-order valence-electron chi connectivity index (χ1n) is 13.6. The van der Waals surface area contributed by atoms with E-state index in [1.807, 2.05) is 0 Å². The maximum absolute atomic E-state index is 13.3. The number of halogens is 3. The van der Waals surface area contributed by atoms with Crippen molar-refractivity contribution in [3.63, 3.8) is 0 Å². The van der Waals surface area contributed by atoms with E-state index in [1.165, 1.54) is 24.1 Å². The van der Waals surface area contributed by atoms with Gasteiger partial charge in [0.1, 0.15) is 6.10 Å². The molecule has 5 atom stereocenters. The summed E-state index contributed by atoms with van der Waals surface area (Å²) in [5.74, 6) is 4.21. The third-order valence-corrected chi connectivity index (χ3v) is 9.55. The third kappa shape index (κ3) is 3.83. The van der Waals surface area contributed by atoms with E-state index < -0.39 is 57.5 Å². The number of amides is 1. The summed E-state index contributed by atoms with van der Waals surface area (Å²) in [6, 6.07) is 4.17. The van der Waals surface area contributed by atoms with Crippen molar-refractivity contribution in [3.05, 3.63) is 75.4 Å². The lowest BCUT2D eigenvalue weighted by Crippen LogP contribution is -2.78. The van der Waals surface area contributed by atoms with Crippen LogP contribution in [0.4, 0.5) is 18.9 Å². The number of nitro groups is 1. The molecule has 2 heterocycles. The third-order valence-electron chi connectivity index (χ3n) is 9.55. The first kappa shape index (κ1) is 28.1. The predicted octanol–water partition coefficient (Wildman–Crippen LogP) is 3.54. The molecule has 220 valence electrons. The molecular weight excluding hydrogens is 555 g/mol. The Balaban J connectivity index is 1.38. The number of benzene rings is 2. The number of piperidine rings is 1. The van der Waals surface area contributed by atoms with Crippen LogP contribution in [0, 0.1) is 22.0 Å². The number of carbonyl (C=O) groups is 1. The summed E-state index contributed by atoms with van der Waals surface area (Å²) >= 11 is 0. The van der Waals surface area contributed by atoms with Gasteiger partial charge in [0.05, 0.1) is 33.6 Å². The van der Waals surface area contributed by atoms with Gasteiger partial charge in [-0.25, -0.2) is 0 Å². The van der Waals surface area contributed by atoms with Gasteiger partial charge in [-0.15, -0.1) is 6.58 Å². The molecule has 2 N–H and O–H groups in total. The molecular formula is C30H28F3N3O6. The van der Waals surface area contributed by atoms with Crippen molar-refractivity contribution >= 4 is 11.6 Å². The summed E-state index contributed by atoms with van der Waals surface area (Å²) in [4.78, 5) is 28.3. The van der Waals surface area contributed by atoms with Crippen LogP contribution in [0.15, 0.2) is 43.0 Å². The molecule has 2 bridgehead atoms. The molecule has 0 aromatic heterocycles. The summed E-state index contributed by atoms with van der Waals surface area (Å²) in [5.41, 5.74) is -2.45. The number of alkyl halides is 3. The number of likely N-dealkylation sites (tertiary alicyclic amines) is 1. The lowest BCUT2D eigenvalue weighted by atomic mass is 9.48. The second-order valence-electron chi connectivity index (χ2n) is 11.4. The van der Waals surface area contributed by atoms with Crippen molar-refractivity contribution in [2.45, 2.75) is 61.1 Å². The molecule has 4 aliphatic rings. The van der Waals surface area contributed by atoms with E-state index in [-0.39, 0.29) is 29.8 Å². The van der Waals surface area contributed by atoms with E-state index in [2.05, 4.69) is 23.3 Å². The number of phenolic OH excluding ortho intramolecular Hbond substituents is 1. The van der Waals surface area contributed by atoms with Gasteiger partial charge in [0.15, 0.2) is 11.5 Å². The minimum Gasteiger partial charge on any atom is -0.504 e. The van der Waals surface area contributed by atoms with Crippen LogP contribution >= 0.6 is 0 Å². The number of nitrogens with zero attached hydrogens (tertiary/aromatic N) is 3. The molecule has 2 fully saturated rings. The van der Waals surface area contributed by atoms with Crippen LogP contribution in [-0.2, 0) is 22.8 Å². The highest BCUT2D eigenvalue weighted by Crippen LogP contribution is 2.67. The van der Waals surface area contributed by atoms with Crippen LogP contribution in [0.25, 0.3) is 0 Å². The quantitative estimate of drug-likeness (QED) is 0.245. The lowest BCUT2D eigenvalue weighted by Gasteiger charge is -2.64. The van der Waals surface area contributed by atoms with E-state index in [9.17, 15) is 38.3 Å². The number of hydrogen-bond donors (Lipinski definition) is 2. The number of aromatic hydroxyl groups is 1. The zero-order valence-electron chi connectivity index (χ0n) is 22.6. The van der Waals surface area contributed by atoms with Gasteiger partial charge in [-0.3, -0.25) is 19.8 Å². The molecule has 12 heteroatoms. The minimum atomic E-state index is -4.49. The zero-order valence-corrected chi connectivity index (χ0v) is 22.6. The summed E-state index contributed by atoms with van der Waals surface area (Å²) < 4.78 is 45.0. The van der Waals surface area contributed by atoms with Gasteiger partial charge < -0.3 is 19.8 Å². The highest BCUT2D eigenvalue weighted by atomic mass is 19.4. The Morgan fingerprint density at radius 3 is 2.69 bits per heavy atom. The van der Waals surface area contributed by atoms with Crippen LogP contribution in [0.5, 0.6) is 11.5 Å². The molecule has 1 amide bonds. The number of carbonyl (C=O) groups excluding carboxylic acids is 1. The largest absolute Gasteiger partial charge is 0.504 e. The minimum absolute atomic E-state index is 0.0956. The summed E-state index contributed by atoms with van der Waals surface area (Å²) in [6.45, 7) is 4.84. The van der Waals surface area contributed by atoms with E-state index in [0.29, 0.717) is 37.1 Å². The maximum Gasteiger partial charge on any atom is 0.416 e. The fraction of sp³-hybridized carbons (Fsp3) is 0.433. The van der Waals surface area contributed by atoms with Crippen LogP contribution < -0.4 is 4.74 Å². The fourth-order valence-corrected chi connectivity index (χ4v) is 7.72. The van der Waals surface area contributed by atoms with Crippen molar-refractivity contribution in [2.24, 2.45) is 0 Å². The monoisotopic (exact) mass is 583 g/mol. The van der Waals surface area contributed by atoms with Crippen LogP contribution in [0.2, 0.25) is 0 Å². The number of aliphatic hydroxyl groups is 1.